The summed E-state index contributed by atoms with van der Waals surface area (Å²) in [5.41, 5.74) is -3.10. The van der Waals surface area contributed by atoms with Crippen molar-refractivity contribution in [2.75, 3.05) is 13.2 Å². The summed E-state index contributed by atoms with van der Waals surface area (Å²) < 4.78 is 74.3. The van der Waals surface area contributed by atoms with Gasteiger partial charge < -0.3 is 29.7 Å². The van der Waals surface area contributed by atoms with Crippen LogP contribution in [-0.2, 0) is 35.6 Å². The van der Waals surface area contributed by atoms with Crippen LogP contribution in [0.5, 0.6) is 11.6 Å². The van der Waals surface area contributed by atoms with Crippen LogP contribution < -0.4 is 24.8 Å². The number of ether oxygens (including phenoxy) is 3. The molecule has 7 atom stereocenters. The zero-order valence-electron chi connectivity index (χ0n) is 34.4. The lowest BCUT2D eigenvalue weighted by Gasteiger charge is -2.35. The number of carbonyl (C=O) groups excluding carboxylic acids is 4. The quantitative estimate of drug-likeness (QED) is 0.294. The molecule has 4 heterocycles. The van der Waals surface area contributed by atoms with Crippen molar-refractivity contribution < 1.29 is 50.6 Å². The highest BCUT2D eigenvalue weighted by molar-refractivity contribution is 7.91. The number of amides is 4. The van der Waals surface area contributed by atoms with E-state index in [-0.39, 0.29) is 31.2 Å². The van der Waals surface area contributed by atoms with Gasteiger partial charge in [-0.2, -0.15) is 0 Å². The van der Waals surface area contributed by atoms with Gasteiger partial charge >= 0.3 is 6.09 Å². The second-order valence-electron chi connectivity index (χ2n) is 18.1. The molecule has 0 bridgehead atoms. The fourth-order valence-corrected chi connectivity index (χ4v) is 9.64. The lowest BCUT2D eigenvalue weighted by molar-refractivity contribution is -0.152. The highest BCUT2D eigenvalue weighted by atomic mass is 32.2. The molecule has 4 amide bonds. The van der Waals surface area contributed by atoms with Gasteiger partial charge in [0, 0.05) is 30.0 Å². The fourth-order valence-electron chi connectivity index (χ4n) is 8.32. The summed E-state index contributed by atoms with van der Waals surface area (Å²) in [6.07, 6.45) is 5.72. The third-order valence-corrected chi connectivity index (χ3v) is 15.1. The number of aryl methyl sites for hydroxylation is 1. The van der Waals surface area contributed by atoms with E-state index in [1.54, 1.807) is 13.8 Å². The summed E-state index contributed by atoms with van der Waals surface area (Å²) in [5.74, 6) is -5.72. The van der Waals surface area contributed by atoms with Crippen LogP contribution >= 0.6 is 0 Å². The average molecular weight is 844 g/mol. The minimum Gasteiger partial charge on any atom is -0.491 e. The van der Waals surface area contributed by atoms with Crippen molar-refractivity contribution in [1.29, 1.82) is 0 Å². The summed E-state index contributed by atoms with van der Waals surface area (Å²) in [6.45, 7) is 8.53. The molecule has 2 saturated carbocycles. The van der Waals surface area contributed by atoms with Gasteiger partial charge in [-0.1, -0.05) is 44.2 Å². The van der Waals surface area contributed by atoms with E-state index in [9.17, 15) is 36.4 Å². The number of fused-ring (bicyclic) bond motifs is 5. The third-order valence-electron chi connectivity index (χ3n) is 12.9. The van der Waals surface area contributed by atoms with Gasteiger partial charge in [0.25, 0.3) is 11.8 Å². The fraction of sp³-hybridized carbons (Fsp3) is 0.643. The standard InChI is InChI=1S/C42H55F2N5O9S/c1-24-12-7-8-13-26-22-42(26,37(52)48-59(54,55)40(5)17-18-40)47-34(50)31-21-27(57-35-29-15-10-9-14-28(29)33-30(45-35)16-11-19-56-33)23-49(31)36(51)32(25(2)20-24)46-38(53)58-39(3,4)41(6,43)44/h8-10,13-15,24-27,31-32H,7,11-12,16-23H2,1-6H3,(H,46,53)(H,47,50)(H,48,52)/b13-8-/t24-,25-,26-,27-,31+,32?,42-/m1/s1. The number of pyridine rings is 1. The molecule has 1 unspecified atom stereocenters. The number of allylic oxidation sites excluding steroid dienone is 1. The molecular formula is C42H55F2N5O9S. The number of rotatable bonds is 8. The molecule has 2 aliphatic carbocycles. The lowest BCUT2D eigenvalue weighted by atomic mass is 9.88. The second kappa shape index (κ2) is 15.5. The van der Waals surface area contributed by atoms with Crippen LogP contribution in [0.3, 0.4) is 0 Å². The SMILES string of the molecule is C[C@@H]1CC/C=C\[C@@H]2C[C@@]2(C(=O)NS(=O)(=O)C2(C)CC2)NC(=O)[C@@H]2C[C@@H](Oc3nc4c(c5ccccc35)OCCC4)CN2C(=O)C(NC(=O)OC(C)(C)C(C)(F)F)[C@H](C)C1. The topological polar surface area (TPSA) is 182 Å². The predicted molar refractivity (Wildman–Crippen MR) is 213 cm³/mol. The third kappa shape index (κ3) is 8.45. The molecule has 1 saturated heterocycles. The van der Waals surface area contributed by atoms with Crippen molar-refractivity contribution in [3.63, 3.8) is 0 Å². The largest absolute Gasteiger partial charge is 0.491 e. The molecule has 0 radical (unpaired) electrons. The smallest absolute Gasteiger partial charge is 0.408 e. The van der Waals surface area contributed by atoms with Gasteiger partial charge in [-0.3, -0.25) is 19.1 Å². The Labute approximate surface area is 343 Å². The van der Waals surface area contributed by atoms with Gasteiger partial charge in [0.1, 0.15) is 29.5 Å². The van der Waals surface area contributed by atoms with E-state index in [0.717, 1.165) is 25.7 Å². The molecule has 322 valence electrons. The van der Waals surface area contributed by atoms with Crippen molar-refractivity contribution in [3.05, 3.63) is 42.1 Å². The van der Waals surface area contributed by atoms with E-state index in [1.807, 2.05) is 43.3 Å². The van der Waals surface area contributed by atoms with Crippen LogP contribution in [-0.4, -0.2) is 95.3 Å². The Bertz CT molecular complexity index is 2160. The molecule has 1 aromatic carbocycles. The number of nitrogens with one attached hydrogen (secondary N) is 3. The van der Waals surface area contributed by atoms with Gasteiger partial charge in [0.15, 0.2) is 5.60 Å². The van der Waals surface area contributed by atoms with E-state index in [0.29, 0.717) is 68.9 Å². The summed E-state index contributed by atoms with van der Waals surface area (Å²) >= 11 is 0. The zero-order chi connectivity index (χ0) is 42.7. The van der Waals surface area contributed by atoms with Crippen molar-refractivity contribution in [3.8, 4) is 11.6 Å². The number of hydrogen-bond donors (Lipinski definition) is 3. The van der Waals surface area contributed by atoms with E-state index in [4.69, 9.17) is 19.2 Å². The molecule has 17 heteroatoms. The minimum absolute atomic E-state index is 0.0264. The predicted octanol–water partition coefficient (Wildman–Crippen LogP) is 5.32. The molecule has 3 N–H and O–H groups in total. The number of aromatic nitrogens is 1. The normalized spacial score (nSPS) is 30.2. The van der Waals surface area contributed by atoms with Crippen LogP contribution in [0.15, 0.2) is 36.4 Å². The maximum absolute atomic E-state index is 14.9. The number of alkyl halides is 2. The molecule has 2 aromatic rings. The van der Waals surface area contributed by atoms with Crippen LogP contribution in [0.4, 0.5) is 13.6 Å². The van der Waals surface area contributed by atoms with Gasteiger partial charge in [0.2, 0.25) is 27.7 Å². The first kappa shape index (κ1) is 42.6. The number of halogens is 2. The first-order valence-electron chi connectivity index (χ1n) is 20.6. The van der Waals surface area contributed by atoms with Gasteiger partial charge in [-0.05, 0) is 90.0 Å². The molecule has 59 heavy (non-hydrogen) atoms. The summed E-state index contributed by atoms with van der Waals surface area (Å²) in [7, 11) is -4.05. The Morgan fingerprint density at radius 3 is 2.49 bits per heavy atom. The molecule has 3 aliphatic heterocycles. The first-order valence-corrected chi connectivity index (χ1v) is 22.1. The monoisotopic (exact) mass is 843 g/mol. The molecule has 1 aromatic heterocycles. The Morgan fingerprint density at radius 1 is 1.08 bits per heavy atom. The van der Waals surface area contributed by atoms with Crippen LogP contribution in [0, 0.1) is 17.8 Å². The van der Waals surface area contributed by atoms with E-state index < -0.39 is 85.7 Å². The number of sulfonamides is 1. The Hall–Kier alpha value is -4.54. The maximum Gasteiger partial charge on any atom is 0.408 e. The van der Waals surface area contributed by atoms with Gasteiger partial charge in [0.05, 0.1) is 23.6 Å². The number of benzene rings is 1. The molecule has 5 aliphatic rings. The minimum atomic E-state index is -4.05. The van der Waals surface area contributed by atoms with E-state index in [1.165, 1.54) is 4.90 Å². The Balaban J connectivity index is 1.24. The number of alkyl carbamates (subject to hydrolysis) is 1. The Morgan fingerprint density at radius 2 is 1.80 bits per heavy atom. The first-order chi connectivity index (χ1) is 27.6. The van der Waals surface area contributed by atoms with Crippen molar-refractivity contribution in [2.45, 2.75) is 139 Å². The summed E-state index contributed by atoms with van der Waals surface area (Å²) in [5, 5.41) is 6.90. The summed E-state index contributed by atoms with van der Waals surface area (Å²) in [4.78, 5) is 63.0. The molecule has 14 nitrogen and oxygen atoms in total. The molecular weight excluding hydrogens is 789 g/mol. The van der Waals surface area contributed by atoms with Crippen LogP contribution in [0.2, 0.25) is 0 Å². The van der Waals surface area contributed by atoms with Crippen molar-refractivity contribution in [2.24, 2.45) is 17.8 Å². The number of nitrogens with zero attached hydrogens (tertiary/aromatic N) is 2. The zero-order valence-corrected chi connectivity index (χ0v) is 35.3. The summed E-state index contributed by atoms with van der Waals surface area (Å²) in [6, 6.07) is 4.91. The van der Waals surface area contributed by atoms with Crippen LogP contribution in [0.1, 0.15) is 98.6 Å². The van der Waals surface area contributed by atoms with Gasteiger partial charge in [-0.15, -0.1) is 0 Å². The maximum atomic E-state index is 14.9. The van der Waals surface area contributed by atoms with E-state index in [2.05, 4.69) is 15.4 Å². The highest BCUT2D eigenvalue weighted by Crippen LogP contribution is 2.48. The Kier molecular flexibility index (Phi) is 11.2. The van der Waals surface area contributed by atoms with Crippen molar-refractivity contribution >= 4 is 44.6 Å². The second-order valence-corrected chi connectivity index (χ2v) is 20.3. The van der Waals surface area contributed by atoms with Crippen molar-refractivity contribution in [1.82, 2.24) is 25.2 Å². The molecule has 7 rings (SSSR count). The highest BCUT2D eigenvalue weighted by Gasteiger charge is 2.63. The van der Waals surface area contributed by atoms with Crippen LogP contribution in [0.25, 0.3) is 10.8 Å². The molecule has 3 fully saturated rings. The molecule has 0 spiro atoms. The van der Waals surface area contributed by atoms with Gasteiger partial charge in [-0.25, -0.2) is 27.0 Å². The van der Waals surface area contributed by atoms with E-state index >= 15 is 0 Å². The lowest BCUT2D eigenvalue weighted by Crippen LogP contribution is -2.59. The number of carbonyl (C=O) groups is 4. The number of hydrogen-bond acceptors (Lipinski definition) is 10. The average Bonchev–Trinajstić information content (AvgIpc) is 4.04.